The summed E-state index contributed by atoms with van der Waals surface area (Å²) in [5, 5.41) is 0. The van der Waals surface area contributed by atoms with Crippen molar-refractivity contribution in [3.63, 3.8) is 0 Å². The highest BCUT2D eigenvalue weighted by Crippen LogP contribution is 2.00. The lowest BCUT2D eigenvalue weighted by atomic mass is 10.2. The molecule has 0 atom stereocenters. The maximum Gasteiger partial charge on any atom is 0.357 e. The van der Waals surface area contributed by atoms with Crippen molar-refractivity contribution in [3.8, 4) is 0 Å². The van der Waals surface area contributed by atoms with E-state index in [9.17, 15) is 4.79 Å². The van der Waals surface area contributed by atoms with E-state index in [1.54, 1.807) is 6.07 Å². The van der Waals surface area contributed by atoms with E-state index >= 15 is 0 Å². The van der Waals surface area contributed by atoms with Gasteiger partial charge in [0.15, 0.2) is 7.14 Å². The van der Waals surface area contributed by atoms with Gasteiger partial charge in [-0.3, -0.25) is 0 Å². The standard InChI is InChI=1S/C15H14IO2/c1-2-18-15(17)12-7-6-10-14(11-12)16-13-8-4-3-5-9-13/h3-11H,2H2,1H3/q+1. The molecule has 2 nitrogen and oxygen atoms in total. The second-order valence-electron chi connectivity index (χ2n) is 3.62. The average Bonchev–Trinajstić information content (AvgIpc) is 2.40. The first-order chi connectivity index (χ1) is 8.79. The Hall–Kier alpha value is -1.36. The molecule has 0 aliphatic heterocycles. The van der Waals surface area contributed by atoms with Crippen molar-refractivity contribution in [1.29, 1.82) is 0 Å². The van der Waals surface area contributed by atoms with Gasteiger partial charge in [0, 0.05) is 6.07 Å². The first-order valence-corrected chi connectivity index (χ1v) is 7.92. The summed E-state index contributed by atoms with van der Waals surface area (Å²) in [6.07, 6.45) is 0. The van der Waals surface area contributed by atoms with Crippen molar-refractivity contribution in [1.82, 2.24) is 0 Å². The first-order valence-electron chi connectivity index (χ1n) is 5.76. The maximum atomic E-state index is 11.6. The molecule has 0 bridgehead atoms. The van der Waals surface area contributed by atoms with Crippen LogP contribution in [-0.2, 0) is 4.74 Å². The van der Waals surface area contributed by atoms with Crippen molar-refractivity contribution in [3.05, 3.63) is 67.3 Å². The van der Waals surface area contributed by atoms with Crippen molar-refractivity contribution >= 4 is 5.97 Å². The van der Waals surface area contributed by atoms with Crippen LogP contribution in [0.1, 0.15) is 17.3 Å². The number of rotatable bonds is 4. The van der Waals surface area contributed by atoms with Crippen LogP contribution < -0.4 is 21.2 Å². The highest BCUT2D eigenvalue weighted by atomic mass is 127. The molecule has 2 aromatic carbocycles. The van der Waals surface area contributed by atoms with Crippen molar-refractivity contribution in [2.75, 3.05) is 6.61 Å². The molecule has 0 amide bonds. The minimum absolute atomic E-state index is 0.231. The third kappa shape index (κ3) is 3.57. The molecule has 0 N–H and O–H groups in total. The summed E-state index contributed by atoms with van der Waals surface area (Å²) in [6.45, 7) is 2.23. The molecule has 2 rings (SSSR count). The second kappa shape index (κ2) is 6.54. The molecule has 0 aliphatic rings. The fourth-order valence-electron chi connectivity index (χ4n) is 1.49. The van der Waals surface area contributed by atoms with Gasteiger partial charge in [-0.1, -0.05) is 24.3 Å². The van der Waals surface area contributed by atoms with Gasteiger partial charge in [0.05, 0.1) is 12.2 Å². The minimum Gasteiger partial charge on any atom is -0.462 e. The molecule has 0 spiro atoms. The summed E-state index contributed by atoms with van der Waals surface area (Å²) in [7, 11) is 0. The summed E-state index contributed by atoms with van der Waals surface area (Å²) in [5.74, 6) is -0.239. The van der Waals surface area contributed by atoms with Crippen molar-refractivity contribution in [2.24, 2.45) is 0 Å². The van der Waals surface area contributed by atoms with E-state index in [-0.39, 0.29) is 27.2 Å². The number of benzene rings is 2. The number of esters is 1. The monoisotopic (exact) mass is 353 g/mol. The van der Waals surface area contributed by atoms with Gasteiger partial charge in [0.2, 0.25) is 0 Å². The predicted molar refractivity (Wildman–Crippen MR) is 66.2 cm³/mol. The molecule has 0 aromatic heterocycles. The SMILES string of the molecule is CCOC(=O)c1cccc([I+]c2ccccc2)c1. The van der Waals surface area contributed by atoms with Crippen LogP contribution in [0.2, 0.25) is 0 Å². The molecular weight excluding hydrogens is 339 g/mol. The van der Waals surface area contributed by atoms with E-state index in [1.807, 2.05) is 37.3 Å². The second-order valence-corrected chi connectivity index (χ2v) is 6.65. The molecule has 0 saturated heterocycles. The first kappa shape index (κ1) is 13.1. The number of hydrogen-bond acceptors (Lipinski definition) is 2. The Balaban J connectivity index is 2.15. The van der Waals surface area contributed by atoms with Gasteiger partial charge in [0.25, 0.3) is 0 Å². The number of carbonyl (C=O) groups excluding carboxylic acids is 1. The maximum absolute atomic E-state index is 11.6. The van der Waals surface area contributed by atoms with Gasteiger partial charge in [-0.15, -0.1) is 0 Å². The summed E-state index contributed by atoms with van der Waals surface area (Å²) in [6, 6.07) is 18.1. The Bertz CT molecular complexity index is 523. The number of carbonyl (C=O) groups is 1. The van der Waals surface area contributed by atoms with Crippen molar-refractivity contribution < 1.29 is 30.7 Å². The van der Waals surface area contributed by atoms with Gasteiger partial charge < -0.3 is 4.74 Å². The third-order valence-corrected chi connectivity index (χ3v) is 4.92. The van der Waals surface area contributed by atoms with Crippen LogP contribution in [0.5, 0.6) is 0 Å². The Morgan fingerprint density at radius 1 is 1.06 bits per heavy atom. The molecule has 0 fully saturated rings. The van der Waals surface area contributed by atoms with Gasteiger partial charge in [-0.05, 0) is 31.2 Å². The van der Waals surface area contributed by atoms with E-state index in [2.05, 4.69) is 18.2 Å². The Morgan fingerprint density at radius 3 is 2.50 bits per heavy atom. The van der Waals surface area contributed by atoms with Crippen LogP contribution in [0, 0.1) is 7.14 Å². The summed E-state index contributed by atoms with van der Waals surface area (Å²) in [4.78, 5) is 11.6. The predicted octanol–water partition coefficient (Wildman–Crippen LogP) is -0.00830. The number of halogens is 1. The van der Waals surface area contributed by atoms with Crippen LogP contribution in [0.15, 0.2) is 54.6 Å². The molecule has 0 aliphatic carbocycles. The zero-order valence-electron chi connectivity index (χ0n) is 10.1. The molecule has 0 radical (unpaired) electrons. The zero-order valence-corrected chi connectivity index (χ0v) is 12.3. The van der Waals surface area contributed by atoms with Crippen LogP contribution in [-0.4, -0.2) is 12.6 Å². The zero-order chi connectivity index (χ0) is 12.8. The Labute approximate surface area is 117 Å². The quantitative estimate of drug-likeness (QED) is 0.571. The normalized spacial score (nSPS) is 10.1. The van der Waals surface area contributed by atoms with Gasteiger partial charge in [0.1, 0.15) is 0 Å². The molecule has 0 unspecified atom stereocenters. The fourth-order valence-corrected chi connectivity index (χ4v) is 3.86. The number of hydrogen-bond donors (Lipinski definition) is 0. The molecule has 0 heterocycles. The van der Waals surface area contributed by atoms with E-state index in [4.69, 9.17) is 4.74 Å². The third-order valence-electron chi connectivity index (χ3n) is 2.29. The lowest BCUT2D eigenvalue weighted by molar-refractivity contribution is -0.597. The van der Waals surface area contributed by atoms with Gasteiger partial charge in [-0.2, -0.15) is 0 Å². The van der Waals surface area contributed by atoms with Gasteiger partial charge in [-0.25, -0.2) is 4.79 Å². The Morgan fingerprint density at radius 2 is 1.78 bits per heavy atom. The number of ether oxygens (including phenoxy) is 1. The smallest absolute Gasteiger partial charge is 0.357 e. The largest absolute Gasteiger partial charge is 0.462 e. The van der Waals surface area contributed by atoms with Crippen molar-refractivity contribution in [2.45, 2.75) is 6.92 Å². The highest BCUT2D eigenvalue weighted by Gasteiger charge is 2.17. The minimum atomic E-state index is -0.239. The van der Waals surface area contributed by atoms with E-state index in [0.29, 0.717) is 12.2 Å². The van der Waals surface area contributed by atoms with Crippen LogP contribution in [0.3, 0.4) is 0 Å². The van der Waals surface area contributed by atoms with Crippen LogP contribution >= 0.6 is 0 Å². The summed E-state index contributed by atoms with van der Waals surface area (Å²) < 4.78 is 7.58. The molecule has 2 aromatic rings. The fraction of sp³-hybridized carbons (Fsp3) is 0.133. The molecule has 18 heavy (non-hydrogen) atoms. The Kier molecular flexibility index (Phi) is 4.75. The molecule has 3 heteroatoms. The lowest BCUT2D eigenvalue weighted by Gasteiger charge is -2.00. The average molecular weight is 353 g/mol. The molecular formula is C15H14IO2+. The van der Waals surface area contributed by atoms with E-state index in [0.717, 1.165) is 0 Å². The lowest BCUT2D eigenvalue weighted by Crippen LogP contribution is -3.61. The van der Waals surface area contributed by atoms with E-state index < -0.39 is 0 Å². The van der Waals surface area contributed by atoms with Crippen LogP contribution in [0.4, 0.5) is 0 Å². The van der Waals surface area contributed by atoms with E-state index in [1.165, 1.54) is 7.14 Å². The summed E-state index contributed by atoms with van der Waals surface area (Å²) >= 11 is -0.231. The topological polar surface area (TPSA) is 26.3 Å². The molecule has 92 valence electrons. The summed E-state index contributed by atoms with van der Waals surface area (Å²) in [5.41, 5.74) is 0.644. The molecule has 0 saturated carbocycles. The highest BCUT2D eigenvalue weighted by molar-refractivity contribution is 5.89. The van der Waals surface area contributed by atoms with Gasteiger partial charge >= 0.3 is 27.2 Å². The van der Waals surface area contributed by atoms with Crippen LogP contribution in [0.25, 0.3) is 0 Å².